The summed E-state index contributed by atoms with van der Waals surface area (Å²) in [7, 11) is 0. The Bertz CT molecular complexity index is 1160. The molecule has 0 bridgehead atoms. The lowest BCUT2D eigenvalue weighted by molar-refractivity contribution is -0.140. The molecule has 2 heterocycles. The van der Waals surface area contributed by atoms with Crippen molar-refractivity contribution in [3.05, 3.63) is 45.3 Å². The van der Waals surface area contributed by atoms with Gasteiger partial charge in [-0.3, -0.25) is 19.8 Å². The van der Waals surface area contributed by atoms with Crippen molar-refractivity contribution < 1.29 is 29.0 Å². The number of aromatic nitrogens is 1. The lowest BCUT2D eigenvalue weighted by atomic mass is 10.2. The van der Waals surface area contributed by atoms with Crippen LogP contribution in [0.4, 0.5) is 15.6 Å². The van der Waals surface area contributed by atoms with Crippen molar-refractivity contribution in [2.45, 2.75) is 6.92 Å². The number of carboxylic acids is 1. The molecule has 1 aromatic carbocycles. The largest absolute Gasteiger partial charge is 0.480 e. The van der Waals surface area contributed by atoms with E-state index in [4.69, 9.17) is 33.7 Å². The number of nitrogens with one attached hydrogen (secondary N) is 2. The third-order valence-electron chi connectivity index (χ3n) is 3.93. The summed E-state index contributed by atoms with van der Waals surface area (Å²) in [5.41, 5.74) is 0.420. The smallest absolute Gasteiger partial charge is 0.341 e. The van der Waals surface area contributed by atoms with E-state index in [1.807, 2.05) is 0 Å². The van der Waals surface area contributed by atoms with Gasteiger partial charge in [0, 0.05) is 16.1 Å². The predicted molar refractivity (Wildman–Crippen MR) is 129 cm³/mol. The number of hydrogen-bond acceptors (Lipinski definition) is 9. The minimum Gasteiger partial charge on any atom is -0.480 e. The minimum atomic E-state index is -1.25. The molecule has 172 valence electrons. The van der Waals surface area contributed by atoms with E-state index in [-0.39, 0.29) is 32.2 Å². The number of carboxylic acid groups (broad SMARTS) is 1. The number of thiocarbonyl (C=S) groups is 1. The molecule has 0 atom stereocenters. The highest BCUT2D eigenvalue weighted by molar-refractivity contribution is 8.26. The summed E-state index contributed by atoms with van der Waals surface area (Å²) >= 11 is 12.7. The third-order valence-corrected chi connectivity index (χ3v) is 6.39. The van der Waals surface area contributed by atoms with Crippen LogP contribution in [0.2, 0.25) is 5.02 Å². The second-order valence-electron chi connectivity index (χ2n) is 6.20. The molecule has 1 fully saturated rings. The zero-order valence-electron chi connectivity index (χ0n) is 16.8. The molecule has 1 aliphatic rings. The minimum absolute atomic E-state index is 0.00452. The van der Waals surface area contributed by atoms with Gasteiger partial charge in [0.15, 0.2) is 5.13 Å². The monoisotopic (exact) mass is 526 g/mol. The van der Waals surface area contributed by atoms with Crippen LogP contribution in [0.25, 0.3) is 5.57 Å². The molecule has 0 unspecified atom stereocenters. The van der Waals surface area contributed by atoms with Gasteiger partial charge in [-0.25, -0.2) is 14.6 Å². The van der Waals surface area contributed by atoms with Crippen LogP contribution < -0.4 is 10.6 Å². The van der Waals surface area contributed by atoms with Crippen molar-refractivity contribution in [1.82, 2.24) is 9.88 Å². The van der Waals surface area contributed by atoms with Crippen LogP contribution in [0.15, 0.2) is 34.6 Å². The van der Waals surface area contributed by atoms with Crippen molar-refractivity contribution >= 4 is 91.5 Å². The van der Waals surface area contributed by atoms with Crippen LogP contribution in [0, 0.1) is 0 Å². The van der Waals surface area contributed by atoms with Crippen LogP contribution >= 0.6 is 46.9 Å². The zero-order chi connectivity index (χ0) is 24.1. The van der Waals surface area contributed by atoms with E-state index in [0.29, 0.717) is 10.7 Å². The first-order valence-corrected chi connectivity index (χ1v) is 11.6. The molecule has 1 aliphatic heterocycles. The number of halogens is 1. The summed E-state index contributed by atoms with van der Waals surface area (Å²) in [4.78, 5) is 53.7. The fourth-order valence-corrected chi connectivity index (χ4v) is 4.72. The number of esters is 1. The molecule has 3 amide bonds. The Labute approximate surface area is 206 Å². The number of nitrogens with zero attached hydrogens (tertiary/aromatic N) is 2. The second kappa shape index (κ2) is 10.7. The van der Waals surface area contributed by atoms with Gasteiger partial charge < -0.3 is 15.2 Å². The van der Waals surface area contributed by atoms with Gasteiger partial charge in [0.25, 0.3) is 5.91 Å². The number of benzene rings is 1. The molecule has 10 nitrogen and oxygen atoms in total. The Morgan fingerprint density at radius 3 is 2.58 bits per heavy atom. The van der Waals surface area contributed by atoms with Crippen LogP contribution in [-0.2, 0) is 19.1 Å². The maximum absolute atomic E-state index is 12.8. The topological polar surface area (TPSA) is 138 Å². The number of ether oxygens (including phenoxy) is 1. The average Bonchev–Trinajstić information content (AvgIpc) is 3.30. The van der Waals surface area contributed by atoms with Crippen molar-refractivity contribution in [2.75, 3.05) is 23.8 Å². The molecule has 3 N–H and O–H groups in total. The van der Waals surface area contributed by atoms with Gasteiger partial charge in [-0.15, -0.1) is 11.3 Å². The standard InChI is InChI=1S/C19H15ClN4O6S3/c1-2-30-16(28)13(14-15(27)24(7-12(25)26)19(31)33-14)11-8-32-18(22-11)23-17(29)21-10-5-3-9(20)4-6-10/h3-6,8H,2,7H2,1H3,(H,25,26)(H2,21,22,23,29)/b14-13+. The molecular weight excluding hydrogens is 512 g/mol. The van der Waals surface area contributed by atoms with Crippen LogP contribution in [-0.4, -0.2) is 56.3 Å². The first kappa shape index (κ1) is 24.6. The summed E-state index contributed by atoms with van der Waals surface area (Å²) in [6.07, 6.45) is 0. The SMILES string of the molecule is CCOC(=O)/C(=C1/SC(=S)N(CC(=O)O)C1=O)c1csc(NC(=O)Nc2ccc(Cl)cc2)n1. The van der Waals surface area contributed by atoms with Crippen LogP contribution in [0.3, 0.4) is 0 Å². The lowest BCUT2D eigenvalue weighted by Gasteiger charge is -2.11. The number of hydrogen-bond donors (Lipinski definition) is 3. The van der Waals surface area contributed by atoms with Crippen molar-refractivity contribution in [1.29, 1.82) is 0 Å². The first-order valence-electron chi connectivity index (χ1n) is 9.16. The Balaban J connectivity index is 1.85. The highest BCUT2D eigenvalue weighted by Gasteiger charge is 2.38. The number of carbonyl (C=O) groups excluding carboxylic acids is 3. The normalized spacial score (nSPS) is 14.8. The predicted octanol–water partition coefficient (Wildman–Crippen LogP) is 3.66. The van der Waals surface area contributed by atoms with Crippen molar-refractivity contribution in [3.63, 3.8) is 0 Å². The van der Waals surface area contributed by atoms with Crippen molar-refractivity contribution in [2.24, 2.45) is 0 Å². The fraction of sp³-hybridized carbons (Fsp3) is 0.158. The number of aliphatic carboxylic acids is 1. The number of thiazole rings is 1. The highest BCUT2D eigenvalue weighted by atomic mass is 35.5. The molecule has 0 aliphatic carbocycles. The number of anilines is 2. The second-order valence-corrected chi connectivity index (χ2v) is 9.14. The van der Waals surface area contributed by atoms with Gasteiger partial charge in [-0.05, 0) is 31.2 Å². The molecule has 0 spiro atoms. The van der Waals surface area contributed by atoms with Gasteiger partial charge in [-0.1, -0.05) is 35.6 Å². The summed E-state index contributed by atoms with van der Waals surface area (Å²) in [6, 6.07) is 5.89. The Morgan fingerprint density at radius 1 is 1.24 bits per heavy atom. The first-order chi connectivity index (χ1) is 15.7. The Kier molecular flexibility index (Phi) is 8.02. The quantitative estimate of drug-likeness (QED) is 0.280. The maximum Gasteiger partial charge on any atom is 0.341 e. The summed E-state index contributed by atoms with van der Waals surface area (Å²) in [6.45, 7) is 0.996. The van der Waals surface area contributed by atoms with Gasteiger partial charge >= 0.3 is 18.0 Å². The summed E-state index contributed by atoms with van der Waals surface area (Å²) in [5, 5.41) is 16.3. The molecular formula is C19H15ClN4O6S3. The van der Waals surface area contributed by atoms with E-state index in [1.165, 1.54) is 5.38 Å². The number of rotatable bonds is 7. The van der Waals surface area contributed by atoms with Crippen molar-refractivity contribution in [3.8, 4) is 0 Å². The average molecular weight is 527 g/mol. The molecule has 3 rings (SSSR count). The molecule has 0 radical (unpaired) electrons. The molecule has 1 aromatic heterocycles. The van der Waals surface area contributed by atoms with E-state index in [0.717, 1.165) is 28.0 Å². The fourth-order valence-electron chi connectivity index (χ4n) is 2.58. The molecule has 2 aromatic rings. The lowest BCUT2D eigenvalue weighted by Crippen LogP contribution is -2.33. The van der Waals surface area contributed by atoms with Crippen LogP contribution in [0.5, 0.6) is 0 Å². The highest BCUT2D eigenvalue weighted by Crippen LogP contribution is 2.38. The summed E-state index contributed by atoms with van der Waals surface area (Å²) < 4.78 is 5.06. The van der Waals surface area contributed by atoms with E-state index in [2.05, 4.69) is 15.6 Å². The number of thioether (sulfide) groups is 1. The molecule has 1 saturated heterocycles. The van der Waals surface area contributed by atoms with Crippen LogP contribution in [0.1, 0.15) is 12.6 Å². The maximum atomic E-state index is 12.8. The van der Waals surface area contributed by atoms with E-state index < -0.39 is 30.4 Å². The Morgan fingerprint density at radius 2 is 1.94 bits per heavy atom. The number of amides is 3. The van der Waals surface area contributed by atoms with Gasteiger partial charge in [0.2, 0.25) is 0 Å². The van der Waals surface area contributed by atoms with E-state index in [9.17, 15) is 19.2 Å². The number of urea groups is 1. The molecule has 14 heteroatoms. The van der Waals surface area contributed by atoms with Gasteiger partial charge in [0.1, 0.15) is 16.4 Å². The van der Waals surface area contributed by atoms with Gasteiger partial charge in [-0.2, -0.15) is 0 Å². The van der Waals surface area contributed by atoms with E-state index >= 15 is 0 Å². The zero-order valence-corrected chi connectivity index (χ0v) is 20.0. The molecule has 33 heavy (non-hydrogen) atoms. The number of carbonyl (C=O) groups is 4. The Hall–Kier alpha value is -3.00. The summed E-state index contributed by atoms with van der Waals surface area (Å²) in [5.74, 6) is -2.81. The van der Waals surface area contributed by atoms with E-state index in [1.54, 1.807) is 31.2 Å². The molecule has 0 saturated carbocycles. The third kappa shape index (κ3) is 6.07. The van der Waals surface area contributed by atoms with Gasteiger partial charge in [0.05, 0.1) is 17.2 Å².